The van der Waals surface area contributed by atoms with Crippen molar-refractivity contribution in [1.82, 2.24) is 9.47 Å². The fourth-order valence-electron chi connectivity index (χ4n) is 2.73. The molecule has 2 rings (SSSR count). The van der Waals surface area contributed by atoms with Gasteiger partial charge in [0.15, 0.2) is 0 Å². The Labute approximate surface area is 115 Å². The molecule has 4 heteroatoms. The van der Waals surface area contributed by atoms with E-state index in [1.54, 1.807) is 22.9 Å². The Balaban J connectivity index is 1.78. The summed E-state index contributed by atoms with van der Waals surface area (Å²) < 4.78 is 1.72. The van der Waals surface area contributed by atoms with Gasteiger partial charge in [-0.2, -0.15) is 0 Å². The molecule has 0 aliphatic carbocycles. The third-order valence-corrected chi connectivity index (χ3v) is 3.83. The van der Waals surface area contributed by atoms with Crippen LogP contribution in [0.4, 0.5) is 5.69 Å². The van der Waals surface area contributed by atoms with Gasteiger partial charge in [0.05, 0.1) is 0 Å². The second kappa shape index (κ2) is 7.34. The van der Waals surface area contributed by atoms with Gasteiger partial charge in [0.2, 0.25) is 0 Å². The van der Waals surface area contributed by atoms with Crippen LogP contribution < -0.4 is 11.3 Å². The molecule has 0 bridgehead atoms. The largest absolute Gasteiger partial charge is 0.398 e. The summed E-state index contributed by atoms with van der Waals surface area (Å²) in [5, 5.41) is 0. The maximum atomic E-state index is 11.6. The Hall–Kier alpha value is -1.29. The molecule has 106 valence electrons. The van der Waals surface area contributed by atoms with Crippen molar-refractivity contribution in [3.05, 3.63) is 28.7 Å². The lowest BCUT2D eigenvalue weighted by Gasteiger charge is -2.24. The average molecular weight is 263 g/mol. The summed E-state index contributed by atoms with van der Waals surface area (Å²) in [6.45, 7) is 4.28. The van der Waals surface area contributed by atoms with Gasteiger partial charge in [0.1, 0.15) is 0 Å². The predicted octanol–water partition coefficient (Wildman–Crippen LogP) is 2.09. The maximum Gasteiger partial charge on any atom is 0.250 e. The monoisotopic (exact) mass is 263 g/mol. The van der Waals surface area contributed by atoms with Gasteiger partial charge in [-0.1, -0.05) is 19.3 Å². The van der Waals surface area contributed by atoms with Crippen molar-refractivity contribution in [3.8, 4) is 0 Å². The van der Waals surface area contributed by atoms with Crippen molar-refractivity contribution in [2.75, 3.05) is 25.4 Å². The number of likely N-dealkylation sites (tertiary alicyclic amines) is 1. The SMILES string of the molecule is Nc1ccc(=O)n(CCCN2CCCCCCC2)c1. The number of nitrogen functional groups attached to an aromatic ring is 1. The Morgan fingerprint density at radius 1 is 1.00 bits per heavy atom. The van der Waals surface area contributed by atoms with E-state index in [1.165, 1.54) is 45.2 Å². The molecule has 0 unspecified atom stereocenters. The van der Waals surface area contributed by atoms with E-state index in [1.807, 2.05) is 0 Å². The lowest BCUT2D eigenvalue weighted by molar-refractivity contribution is 0.240. The first-order valence-corrected chi connectivity index (χ1v) is 7.44. The van der Waals surface area contributed by atoms with Gasteiger partial charge in [-0.25, -0.2) is 0 Å². The van der Waals surface area contributed by atoms with Crippen molar-refractivity contribution < 1.29 is 0 Å². The quantitative estimate of drug-likeness (QED) is 0.905. The molecular formula is C15H25N3O. The summed E-state index contributed by atoms with van der Waals surface area (Å²) in [6.07, 6.45) is 9.53. The summed E-state index contributed by atoms with van der Waals surface area (Å²) in [5.41, 5.74) is 6.41. The summed E-state index contributed by atoms with van der Waals surface area (Å²) in [6, 6.07) is 3.21. The zero-order valence-electron chi connectivity index (χ0n) is 11.7. The van der Waals surface area contributed by atoms with Crippen LogP contribution in [-0.4, -0.2) is 29.1 Å². The molecule has 1 aromatic rings. The molecule has 0 radical (unpaired) electrons. The van der Waals surface area contributed by atoms with Crippen LogP contribution in [0.15, 0.2) is 23.1 Å². The Morgan fingerprint density at radius 2 is 1.68 bits per heavy atom. The molecule has 2 N–H and O–H groups in total. The summed E-state index contributed by atoms with van der Waals surface area (Å²) in [7, 11) is 0. The molecule has 1 fully saturated rings. The van der Waals surface area contributed by atoms with Crippen LogP contribution in [0.3, 0.4) is 0 Å². The highest BCUT2D eigenvalue weighted by Gasteiger charge is 2.07. The Bertz CT molecular complexity index is 433. The van der Waals surface area contributed by atoms with Crippen molar-refractivity contribution in [1.29, 1.82) is 0 Å². The first-order valence-electron chi connectivity index (χ1n) is 7.44. The highest BCUT2D eigenvalue weighted by Crippen LogP contribution is 2.10. The molecule has 0 aromatic carbocycles. The second-order valence-electron chi connectivity index (χ2n) is 5.46. The minimum Gasteiger partial charge on any atom is -0.398 e. The zero-order valence-corrected chi connectivity index (χ0v) is 11.7. The van der Waals surface area contributed by atoms with E-state index in [9.17, 15) is 4.79 Å². The van der Waals surface area contributed by atoms with Crippen molar-refractivity contribution in [2.45, 2.75) is 45.1 Å². The number of nitrogens with zero attached hydrogens (tertiary/aromatic N) is 2. The minimum absolute atomic E-state index is 0.0434. The van der Waals surface area contributed by atoms with Crippen LogP contribution in [-0.2, 0) is 6.54 Å². The normalized spacial score (nSPS) is 17.9. The molecule has 1 aliphatic rings. The summed E-state index contributed by atoms with van der Waals surface area (Å²) >= 11 is 0. The highest BCUT2D eigenvalue weighted by atomic mass is 16.1. The van der Waals surface area contributed by atoms with E-state index in [2.05, 4.69) is 4.90 Å². The molecule has 0 amide bonds. The van der Waals surface area contributed by atoms with Crippen molar-refractivity contribution in [3.63, 3.8) is 0 Å². The molecule has 1 aliphatic heterocycles. The topological polar surface area (TPSA) is 51.3 Å². The van der Waals surface area contributed by atoms with Gasteiger partial charge in [0.25, 0.3) is 5.56 Å². The van der Waals surface area contributed by atoms with E-state index >= 15 is 0 Å². The van der Waals surface area contributed by atoms with Crippen LogP contribution in [0.1, 0.15) is 38.5 Å². The van der Waals surface area contributed by atoms with Gasteiger partial charge in [-0.3, -0.25) is 4.79 Å². The highest BCUT2D eigenvalue weighted by molar-refractivity contribution is 5.33. The number of hydrogen-bond acceptors (Lipinski definition) is 3. The first-order chi connectivity index (χ1) is 9.25. The van der Waals surface area contributed by atoms with Crippen LogP contribution >= 0.6 is 0 Å². The van der Waals surface area contributed by atoms with Gasteiger partial charge < -0.3 is 15.2 Å². The fourth-order valence-corrected chi connectivity index (χ4v) is 2.73. The van der Waals surface area contributed by atoms with Crippen molar-refractivity contribution in [2.24, 2.45) is 0 Å². The van der Waals surface area contributed by atoms with E-state index in [4.69, 9.17) is 5.73 Å². The molecular weight excluding hydrogens is 238 g/mol. The number of pyridine rings is 1. The molecule has 0 atom stereocenters. The summed E-state index contributed by atoms with van der Waals surface area (Å²) in [5.74, 6) is 0. The third kappa shape index (κ3) is 4.71. The smallest absolute Gasteiger partial charge is 0.250 e. The zero-order chi connectivity index (χ0) is 13.5. The number of nitrogens with two attached hydrogens (primary N) is 1. The number of anilines is 1. The van der Waals surface area contributed by atoms with E-state index in [-0.39, 0.29) is 5.56 Å². The lowest BCUT2D eigenvalue weighted by Crippen LogP contribution is -2.30. The molecule has 0 saturated carbocycles. The molecule has 2 heterocycles. The van der Waals surface area contributed by atoms with E-state index in [0.29, 0.717) is 5.69 Å². The van der Waals surface area contributed by atoms with Crippen LogP contribution in [0, 0.1) is 0 Å². The molecule has 0 spiro atoms. The van der Waals surface area contributed by atoms with Crippen LogP contribution in [0.2, 0.25) is 0 Å². The maximum absolute atomic E-state index is 11.6. The van der Waals surface area contributed by atoms with Gasteiger partial charge in [0, 0.05) is 24.5 Å². The molecule has 1 saturated heterocycles. The van der Waals surface area contributed by atoms with Crippen molar-refractivity contribution >= 4 is 5.69 Å². The standard InChI is InChI=1S/C15H25N3O/c16-14-7-8-15(19)18(13-14)12-6-11-17-9-4-2-1-3-5-10-17/h7-8,13H,1-6,9-12,16H2. The summed E-state index contributed by atoms with van der Waals surface area (Å²) in [4.78, 5) is 14.2. The van der Waals surface area contributed by atoms with Gasteiger partial charge >= 0.3 is 0 Å². The minimum atomic E-state index is 0.0434. The molecule has 19 heavy (non-hydrogen) atoms. The van der Waals surface area contributed by atoms with Crippen LogP contribution in [0.25, 0.3) is 0 Å². The predicted molar refractivity (Wildman–Crippen MR) is 79.3 cm³/mol. The third-order valence-electron chi connectivity index (χ3n) is 3.83. The number of hydrogen-bond donors (Lipinski definition) is 1. The second-order valence-corrected chi connectivity index (χ2v) is 5.46. The number of aromatic nitrogens is 1. The Kier molecular flexibility index (Phi) is 5.45. The van der Waals surface area contributed by atoms with Gasteiger partial charge in [-0.15, -0.1) is 0 Å². The first kappa shape index (κ1) is 14.1. The van der Waals surface area contributed by atoms with E-state index < -0.39 is 0 Å². The molecule has 1 aromatic heterocycles. The van der Waals surface area contributed by atoms with Crippen LogP contribution in [0.5, 0.6) is 0 Å². The number of rotatable bonds is 4. The Morgan fingerprint density at radius 3 is 2.42 bits per heavy atom. The fraction of sp³-hybridized carbons (Fsp3) is 0.667. The number of aryl methyl sites for hydroxylation is 1. The van der Waals surface area contributed by atoms with E-state index in [0.717, 1.165) is 19.5 Å². The van der Waals surface area contributed by atoms with Gasteiger partial charge in [-0.05, 0) is 45.0 Å². The molecule has 4 nitrogen and oxygen atoms in total. The average Bonchev–Trinajstić information content (AvgIpc) is 2.36. The lowest BCUT2D eigenvalue weighted by atomic mass is 10.1.